The summed E-state index contributed by atoms with van der Waals surface area (Å²) in [6.07, 6.45) is 10.9. The molecule has 1 aromatic rings. The average Bonchev–Trinajstić information content (AvgIpc) is 2.40. The third-order valence-corrected chi connectivity index (χ3v) is 3.30. The van der Waals surface area contributed by atoms with Crippen molar-refractivity contribution in [3.63, 3.8) is 0 Å². The average molecular weight is 227 g/mol. The fourth-order valence-electron chi connectivity index (χ4n) is 2.26. The van der Waals surface area contributed by atoms with Gasteiger partial charge in [0, 0.05) is 17.2 Å². The predicted molar refractivity (Wildman–Crippen MR) is 69.6 cm³/mol. The monoisotopic (exact) mass is 227 g/mol. The van der Waals surface area contributed by atoms with Crippen LogP contribution in [0.25, 0.3) is 0 Å². The van der Waals surface area contributed by atoms with Crippen molar-refractivity contribution in [1.82, 2.24) is 0 Å². The number of amides is 1. The molecule has 0 unspecified atom stereocenters. The van der Waals surface area contributed by atoms with E-state index in [1.807, 2.05) is 24.3 Å². The Morgan fingerprint density at radius 2 is 1.82 bits per heavy atom. The molecule has 1 N–H and O–H groups in total. The normalized spacial score (nSPS) is 16.2. The maximum atomic E-state index is 12.0. The van der Waals surface area contributed by atoms with E-state index in [-0.39, 0.29) is 11.8 Å². The van der Waals surface area contributed by atoms with Crippen molar-refractivity contribution in [2.45, 2.75) is 32.1 Å². The molecule has 1 aliphatic carbocycles. The van der Waals surface area contributed by atoms with Gasteiger partial charge in [-0.05, 0) is 37.1 Å². The van der Waals surface area contributed by atoms with Crippen molar-refractivity contribution < 1.29 is 4.79 Å². The Kier molecular flexibility index (Phi) is 3.82. The van der Waals surface area contributed by atoms with Gasteiger partial charge in [-0.2, -0.15) is 0 Å². The van der Waals surface area contributed by atoms with E-state index in [4.69, 9.17) is 6.42 Å². The number of carbonyl (C=O) groups is 1. The van der Waals surface area contributed by atoms with Gasteiger partial charge in [0.05, 0.1) is 0 Å². The maximum Gasteiger partial charge on any atom is 0.227 e. The smallest absolute Gasteiger partial charge is 0.227 e. The van der Waals surface area contributed by atoms with Crippen molar-refractivity contribution in [3.05, 3.63) is 29.8 Å². The summed E-state index contributed by atoms with van der Waals surface area (Å²) in [5.41, 5.74) is 1.67. The summed E-state index contributed by atoms with van der Waals surface area (Å²) in [6, 6.07) is 7.40. The van der Waals surface area contributed by atoms with E-state index in [9.17, 15) is 4.79 Å². The standard InChI is InChI=1S/C15H17NO/c1-2-12-8-10-14(11-9-12)16-15(17)13-6-4-3-5-7-13/h1,8-11,13H,3-7H2,(H,16,17). The van der Waals surface area contributed by atoms with Crippen LogP contribution in [0.5, 0.6) is 0 Å². The molecule has 1 aliphatic rings. The molecule has 0 saturated heterocycles. The number of rotatable bonds is 2. The lowest BCUT2D eigenvalue weighted by atomic mass is 9.88. The summed E-state index contributed by atoms with van der Waals surface area (Å²) >= 11 is 0. The second-order valence-electron chi connectivity index (χ2n) is 4.55. The van der Waals surface area contributed by atoms with E-state index < -0.39 is 0 Å². The van der Waals surface area contributed by atoms with Crippen LogP contribution in [0.4, 0.5) is 5.69 Å². The second-order valence-corrected chi connectivity index (χ2v) is 4.55. The zero-order valence-electron chi connectivity index (χ0n) is 9.91. The van der Waals surface area contributed by atoms with Gasteiger partial charge in [-0.25, -0.2) is 0 Å². The van der Waals surface area contributed by atoms with Crippen LogP contribution < -0.4 is 5.32 Å². The molecule has 0 bridgehead atoms. The van der Waals surface area contributed by atoms with Gasteiger partial charge in [-0.3, -0.25) is 4.79 Å². The first kappa shape index (κ1) is 11.7. The minimum atomic E-state index is 0.151. The molecule has 2 heteroatoms. The Morgan fingerprint density at radius 1 is 1.18 bits per heavy atom. The van der Waals surface area contributed by atoms with Crippen LogP contribution >= 0.6 is 0 Å². The maximum absolute atomic E-state index is 12.0. The molecule has 1 amide bonds. The molecular formula is C15H17NO. The van der Waals surface area contributed by atoms with Crippen molar-refractivity contribution >= 4 is 11.6 Å². The first-order valence-corrected chi connectivity index (χ1v) is 6.17. The van der Waals surface area contributed by atoms with Crippen LogP contribution in [0.1, 0.15) is 37.7 Å². The Hall–Kier alpha value is -1.75. The van der Waals surface area contributed by atoms with Crippen molar-refractivity contribution in [1.29, 1.82) is 0 Å². The van der Waals surface area contributed by atoms with Crippen molar-refractivity contribution in [3.8, 4) is 12.3 Å². The van der Waals surface area contributed by atoms with E-state index >= 15 is 0 Å². The molecule has 0 heterocycles. The molecule has 0 atom stereocenters. The van der Waals surface area contributed by atoms with Crippen LogP contribution in [0.2, 0.25) is 0 Å². The molecule has 17 heavy (non-hydrogen) atoms. The lowest BCUT2D eigenvalue weighted by Gasteiger charge is -2.20. The van der Waals surface area contributed by atoms with Crippen LogP contribution in [-0.4, -0.2) is 5.91 Å². The Labute approximate surface area is 102 Å². The Balaban J connectivity index is 1.95. The summed E-state index contributed by atoms with van der Waals surface area (Å²) < 4.78 is 0. The quantitative estimate of drug-likeness (QED) is 0.772. The highest BCUT2D eigenvalue weighted by Crippen LogP contribution is 2.24. The van der Waals surface area contributed by atoms with E-state index in [1.165, 1.54) is 19.3 Å². The van der Waals surface area contributed by atoms with Gasteiger partial charge in [0.25, 0.3) is 0 Å². The van der Waals surface area contributed by atoms with E-state index in [0.717, 1.165) is 24.1 Å². The fraction of sp³-hybridized carbons (Fsp3) is 0.400. The van der Waals surface area contributed by atoms with Gasteiger partial charge in [0.2, 0.25) is 5.91 Å². The minimum Gasteiger partial charge on any atom is -0.326 e. The number of hydrogen-bond acceptors (Lipinski definition) is 1. The van der Waals surface area contributed by atoms with Crippen LogP contribution in [0.15, 0.2) is 24.3 Å². The van der Waals surface area contributed by atoms with Gasteiger partial charge < -0.3 is 5.32 Å². The zero-order chi connectivity index (χ0) is 12.1. The molecule has 1 saturated carbocycles. The van der Waals surface area contributed by atoms with E-state index in [1.54, 1.807) is 0 Å². The first-order valence-electron chi connectivity index (χ1n) is 6.17. The second kappa shape index (κ2) is 5.54. The number of nitrogens with one attached hydrogen (secondary N) is 1. The van der Waals surface area contributed by atoms with E-state index in [0.29, 0.717) is 0 Å². The highest BCUT2D eigenvalue weighted by atomic mass is 16.1. The number of carbonyl (C=O) groups excluding carboxylic acids is 1. The van der Waals surface area contributed by atoms with Crippen LogP contribution in [0.3, 0.4) is 0 Å². The molecule has 2 nitrogen and oxygen atoms in total. The SMILES string of the molecule is C#Cc1ccc(NC(=O)C2CCCCC2)cc1. The third-order valence-electron chi connectivity index (χ3n) is 3.30. The van der Waals surface area contributed by atoms with Gasteiger partial charge in [-0.1, -0.05) is 25.2 Å². The Morgan fingerprint density at radius 3 is 2.41 bits per heavy atom. The number of benzene rings is 1. The number of terminal acetylenes is 1. The summed E-state index contributed by atoms with van der Waals surface area (Å²) in [6.45, 7) is 0. The molecule has 0 spiro atoms. The van der Waals surface area contributed by atoms with E-state index in [2.05, 4.69) is 11.2 Å². The predicted octanol–water partition coefficient (Wildman–Crippen LogP) is 3.19. The summed E-state index contributed by atoms with van der Waals surface area (Å²) in [5.74, 6) is 2.90. The molecule has 2 rings (SSSR count). The fourth-order valence-corrected chi connectivity index (χ4v) is 2.26. The summed E-state index contributed by atoms with van der Waals surface area (Å²) in [4.78, 5) is 12.0. The molecule has 1 aromatic carbocycles. The highest BCUT2D eigenvalue weighted by Gasteiger charge is 2.20. The van der Waals surface area contributed by atoms with Gasteiger partial charge >= 0.3 is 0 Å². The molecule has 0 aromatic heterocycles. The third kappa shape index (κ3) is 3.10. The first-order chi connectivity index (χ1) is 8.29. The summed E-state index contributed by atoms with van der Waals surface area (Å²) in [7, 11) is 0. The summed E-state index contributed by atoms with van der Waals surface area (Å²) in [5, 5.41) is 2.96. The molecule has 0 aliphatic heterocycles. The lowest BCUT2D eigenvalue weighted by molar-refractivity contribution is -0.120. The lowest BCUT2D eigenvalue weighted by Crippen LogP contribution is -2.24. The molecule has 88 valence electrons. The van der Waals surface area contributed by atoms with Gasteiger partial charge in [0.15, 0.2) is 0 Å². The number of hydrogen-bond donors (Lipinski definition) is 1. The molecular weight excluding hydrogens is 210 g/mol. The largest absolute Gasteiger partial charge is 0.326 e. The van der Waals surface area contributed by atoms with Crippen LogP contribution in [0, 0.1) is 18.3 Å². The van der Waals surface area contributed by atoms with Gasteiger partial charge in [0.1, 0.15) is 0 Å². The molecule has 1 fully saturated rings. The number of anilines is 1. The topological polar surface area (TPSA) is 29.1 Å². The van der Waals surface area contributed by atoms with Crippen LogP contribution in [-0.2, 0) is 4.79 Å². The van der Waals surface area contributed by atoms with Crippen molar-refractivity contribution in [2.75, 3.05) is 5.32 Å². The van der Waals surface area contributed by atoms with Gasteiger partial charge in [-0.15, -0.1) is 6.42 Å². The highest BCUT2D eigenvalue weighted by molar-refractivity contribution is 5.92. The zero-order valence-corrected chi connectivity index (χ0v) is 9.91. The Bertz CT molecular complexity index is 421. The molecule has 0 radical (unpaired) electrons. The minimum absolute atomic E-state index is 0.151. The van der Waals surface area contributed by atoms with Crippen molar-refractivity contribution in [2.24, 2.45) is 5.92 Å².